The molecule has 196 valence electrons. The second-order valence-corrected chi connectivity index (χ2v) is 10.1. The number of halogens is 1. The molecule has 3 aromatic rings. The third-order valence-electron chi connectivity index (χ3n) is 5.96. The summed E-state index contributed by atoms with van der Waals surface area (Å²) in [5, 5.41) is 30.2. The first kappa shape index (κ1) is 28.2. The lowest BCUT2D eigenvalue weighted by Gasteiger charge is -2.28. The molecule has 0 aromatic heterocycles. The van der Waals surface area contributed by atoms with Crippen LogP contribution in [0.3, 0.4) is 0 Å². The van der Waals surface area contributed by atoms with Crippen LogP contribution in [0, 0.1) is 0 Å². The molecule has 8 heteroatoms. The lowest BCUT2D eigenvalue weighted by atomic mass is 9.93. The van der Waals surface area contributed by atoms with Crippen molar-refractivity contribution in [1.29, 1.82) is 0 Å². The molecule has 7 nitrogen and oxygen atoms in total. The van der Waals surface area contributed by atoms with Gasteiger partial charge < -0.3 is 26.2 Å². The molecular formula is C29H34ClN3O4. The second-order valence-electron chi connectivity index (χ2n) is 9.71. The molecule has 0 aliphatic carbocycles. The molecule has 0 unspecified atom stereocenters. The van der Waals surface area contributed by atoms with Gasteiger partial charge in [-0.05, 0) is 73.7 Å². The van der Waals surface area contributed by atoms with Gasteiger partial charge in [0.1, 0.15) is 5.75 Å². The maximum Gasteiger partial charge on any atom is 0.251 e. The minimum Gasteiger partial charge on any atom is -0.506 e. The maximum absolute atomic E-state index is 12.7. The summed E-state index contributed by atoms with van der Waals surface area (Å²) in [4.78, 5) is 24.0. The van der Waals surface area contributed by atoms with Crippen molar-refractivity contribution in [2.45, 2.75) is 45.3 Å². The van der Waals surface area contributed by atoms with Crippen molar-refractivity contribution < 1.29 is 19.8 Å². The molecule has 3 aromatic carbocycles. The van der Waals surface area contributed by atoms with Crippen LogP contribution < -0.4 is 16.0 Å². The highest BCUT2D eigenvalue weighted by Gasteiger charge is 2.21. The molecule has 0 saturated heterocycles. The van der Waals surface area contributed by atoms with Crippen molar-refractivity contribution in [3.63, 3.8) is 0 Å². The second kappa shape index (κ2) is 12.7. The summed E-state index contributed by atoms with van der Waals surface area (Å²) in [6.45, 7) is 6.15. The van der Waals surface area contributed by atoms with Crippen LogP contribution in [0.25, 0.3) is 0 Å². The Morgan fingerprint density at radius 3 is 2.51 bits per heavy atom. The first-order chi connectivity index (χ1) is 17.5. The summed E-state index contributed by atoms with van der Waals surface area (Å²) >= 11 is 6.19. The zero-order chi connectivity index (χ0) is 27.0. The summed E-state index contributed by atoms with van der Waals surface area (Å²) in [7, 11) is 0. The summed E-state index contributed by atoms with van der Waals surface area (Å²) in [6.07, 6.45) is 0.438. The number of rotatable bonds is 11. The van der Waals surface area contributed by atoms with Crippen LogP contribution in [0.5, 0.6) is 5.75 Å². The number of carbonyl (C=O) groups excluding carboxylic acids is 2. The monoisotopic (exact) mass is 523 g/mol. The highest BCUT2D eigenvalue weighted by Crippen LogP contribution is 2.27. The topological polar surface area (TPSA) is 111 Å². The Balaban J connectivity index is 1.55. The number of amides is 2. The number of anilines is 1. The van der Waals surface area contributed by atoms with Gasteiger partial charge in [-0.1, -0.05) is 48.0 Å². The predicted molar refractivity (Wildman–Crippen MR) is 147 cm³/mol. The molecule has 0 aliphatic rings. The first-order valence-electron chi connectivity index (χ1n) is 12.2. The van der Waals surface area contributed by atoms with Crippen molar-refractivity contribution >= 4 is 29.1 Å². The summed E-state index contributed by atoms with van der Waals surface area (Å²) in [6, 6.07) is 19.7. The molecule has 0 radical (unpaired) electrons. The van der Waals surface area contributed by atoms with Gasteiger partial charge in [-0.3, -0.25) is 9.59 Å². The van der Waals surface area contributed by atoms with Crippen molar-refractivity contribution in [1.82, 2.24) is 10.6 Å². The van der Waals surface area contributed by atoms with E-state index in [1.165, 1.54) is 13.0 Å². The molecule has 0 fully saturated rings. The van der Waals surface area contributed by atoms with E-state index in [1.54, 1.807) is 18.2 Å². The molecule has 5 N–H and O–H groups in total. The molecule has 3 rings (SSSR count). The number of hydrogen-bond acceptors (Lipinski definition) is 5. The molecule has 0 aliphatic heterocycles. The van der Waals surface area contributed by atoms with Crippen LogP contribution in [0.1, 0.15) is 53.9 Å². The fourth-order valence-corrected chi connectivity index (χ4v) is 4.28. The van der Waals surface area contributed by atoms with Crippen molar-refractivity contribution in [3.8, 4) is 5.75 Å². The highest BCUT2D eigenvalue weighted by atomic mass is 35.5. The average Bonchev–Trinajstić information content (AvgIpc) is 2.84. The van der Waals surface area contributed by atoms with Gasteiger partial charge in [0.05, 0.1) is 11.8 Å². The van der Waals surface area contributed by atoms with Crippen LogP contribution in [0.2, 0.25) is 5.02 Å². The van der Waals surface area contributed by atoms with E-state index in [0.717, 1.165) is 11.1 Å². The van der Waals surface area contributed by atoms with Crippen LogP contribution in [-0.2, 0) is 17.6 Å². The summed E-state index contributed by atoms with van der Waals surface area (Å²) in [5.41, 5.74) is 3.01. The van der Waals surface area contributed by atoms with E-state index < -0.39 is 6.10 Å². The Morgan fingerprint density at radius 1 is 1.03 bits per heavy atom. The minimum atomic E-state index is -0.845. The molecule has 1 atom stereocenters. The summed E-state index contributed by atoms with van der Waals surface area (Å²) < 4.78 is 0. The molecule has 0 bridgehead atoms. The Kier molecular flexibility index (Phi) is 9.69. The third kappa shape index (κ3) is 8.60. The van der Waals surface area contributed by atoms with Crippen LogP contribution in [0.15, 0.2) is 66.7 Å². The molecular weight excluding hydrogens is 490 g/mol. The standard InChI is InChI=1S/C29H34ClN3O4/c1-19(34)33-25-16-22(11-12-26(25)35)27(36)18-32-29(2,3)17-20-7-6-9-23(15-20)28(37)31-14-13-21-8-4-5-10-24(21)30/h4-12,15-16,27,32,35-36H,13-14,17-18H2,1-3H3,(H,31,37)(H,33,34)/t27-/m0/s1. The van der Waals surface area contributed by atoms with Gasteiger partial charge in [-0.25, -0.2) is 0 Å². The number of aliphatic hydroxyl groups excluding tert-OH is 1. The number of β-amino-alcohol motifs (C(OH)–C–C–N with tert-alkyl or cyclic N) is 1. The van der Waals surface area contributed by atoms with Gasteiger partial charge in [0.2, 0.25) is 5.91 Å². The van der Waals surface area contributed by atoms with Gasteiger partial charge in [-0.2, -0.15) is 0 Å². The first-order valence-corrected chi connectivity index (χ1v) is 12.6. The zero-order valence-corrected chi connectivity index (χ0v) is 22.1. The van der Waals surface area contributed by atoms with Gasteiger partial charge in [-0.15, -0.1) is 0 Å². The van der Waals surface area contributed by atoms with E-state index in [9.17, 15) is 19.8 Å². The van der Waals surface area contributed by atoms with E-state index in [1.807, 2.05) is 56.3 Å². The fraction of sp³-hybridized carbons (Fsp3) is 0.310. The maximum atomic E-state index is 12.7. The molecule has 0 heterocycles. The van der Waals surface area contributed by atoms with Crippen molar-refractivity contribution in [2.75, 3.05) is 18.4 Å². The number of nitrogens with one attached hydrogen (secondary N) is 3. The number of benzene rings is 3. The Bertz CT molecular complexity index is 1250. The number of aromatic hydroxyl groups is 1. The molecule has 0 spiro atoms. The zero-order valence-electron chi connectivity index (χ0n) is 21.3. The van der Waals surface area contributed by atoms with Crippen LogP contribution in [-0.4, -0.2) is 40.7 Å². The lowest BCUT2D eigenvalue weighted by Crippen LogP contribution is -2.43. The van der Waals surface area contributed by atoms with Gasteiger partial charge >= 0.3 is 0 Å². The van der Waals surface area contributed by atoms with E-state index in [2.05, 4.69) is 16.0 Å². The number of phenols is 1. The quantitative estimate of drug-likeness (QED) is 0.235. The van der Waals surface area contributed by atoms with E-state index in [0.29, 0.717) is 35.5 Å². The highest BCUT2D eigenvalue weighted by molar-refractivity contribution is 6.31. The number of hydrogen-bond donors (Lipinski definition) is 5. The van der Waals surface area contributed by atoms with Gasteiger partial charge in [0.25, 0.3) is 5.91 Å². The largest absolute Gasteiger partial charge is 0.506 e. The molecule has 37 heavy (non-hydrogen) atoms. The fourth-order valence-electron chi connectivity index (χ4n) is 4.05. The van der Waals surface area contributed by atoms with Crippen LogP contribution in [0.4, 0.5) is 5.69 Å². The average molecular weight is 524 g/mol. The van der Waals surface area contributed by atoms with Crippen LogP contribution >= 0.6 is 11.6 Å². The van der Waals surface area contributed by atoms with Crippen molar-refractivity contribution in [2.24, 2.45) is 0 Å². The smallest absolute Gasteiger partial charge is 0.251 e. The van der Waals surface area contributed by atoms with E-state index in [4.69, 9.17) is 11.6 Å². The number of phenolic OH excluding ortho intramolecular Hbond substituents is 1. The molecule has 2 amide bonds. The SMILES string of the molecule is CC(=O)Nc1cc([C@@H](O)CNC(C)(C)Cc2cccc(C(=O)NCCc3ccccc3Cl)c2)ccc1O. The normalized spacial score (nSPS) is 12.1. The summed E-state index contributed by atoms with van der Waals surface area (Å²) in [5.74, 6) is -0.512. The Labute approximate surface area is 222 Å². The van der Waals surface area contributed by atoms with Crippen molar-refractivity contribution in [3.05, 3.63) is 94.0 Å². The minimum absolute atomic E-state index is 0.0628. The lowest BCUT2D eigenvalue weighted by molar-refractivity contribution is -0.114. The van der Waals surface area contributed by atoms with Gasteiger partial charge in [0.15, 0.2) is 0 Å². The third-order valence-corrected chi connectivity index (χ3v) is 6.33. The molecule has 0 saturated carbocycles. The Morgan fingerprint density at radius 2 is 1.78 bits per heavy atom. The number of aliphatic hydroxyl groups is 1. The van der Waals surface area contributed by atoms with E-state index in [-0.39, 0.29) is 35.3 Å². The van der Waals surface area contributed by atoms with Gasteiger partial charge in [0, 0.05) is 36.1 Å². The predicted octanol–water partition coefficient (Wildman–Crippen LogP) is 4.62. The number of carbonyl (C=O) groups is 2. The Hall–Kier alpha value is -3.39. The van der Waals surface area contributed by atoms with E-state index >= 15 is 0 Å².